The summed E-state index contributed by atoms with van der Waals surface area (Å²) in [7, 11) is 0. The van der Waals surface area contributed by atoms with Crippen molar-refractivity contribution in [3.63, 3.8) is 0 Å². The van der Waals surface area contributed by atoms with Crippen LogP contribution in [0.15, 0.2) is 91.0 Å². The summed E-state index contributed by atoms with van der Waals surface area (Å²) in [5, 5.41) is 8.99. The lowest BCUT2D eigenvalue weighted by atomic mass is 10.0. The van der Waals surface area contributed by atoms with Gasteiger partial charge in [0, 0.05) is 37.4 Å². The Labute approximate surface area is 270 Å². The van der Waals surface area contributed by atoms with Gasteiger partial charge in [0.1, 0.15) is 18.0 Å². The molecule has 1 unspecified atom stereocenters. The van der Waals surface area contributed by atoms with Gasteiger partial charge in [0.05, 0.1) is 17.3 Å². The fourth-order valence-electron chi connectivity index (χ4n) is 5.70. The minimum absolute atomic E-state index is 0.0519. The zero-order valence-electron chi connectivity index (χ0n) is 26.8. The number of aliphatic carboxylic acids is 1. The summed E-state index contributed by atoms with van der Waals surface area (Å²) in [5.41, 5.74) is 4.43. The quantitative estimate of drug-likeness (QED) is 0.225. The zero-order chi connectivity index (χ0) is 32.8. The van der Waals surface area contributed by atoms with Crippen LogP contribution in [0.5, 0.6) is 5.75 Å². The molecule has 1 saturated heterocycles. The Bertz CT molecular complexity index is 1660. The Morgan fingerprint density at radius 2 is 1.54 bits per heavy atom. The van der Waals surface area contributed by atoms with Gasteiger partial charge in [-0.15, -0.1) is 0 Å². The minimum Gasteiger partial charge on any atom is -0.491 e. The first-order valence-corrected chi connectivity index (χ1v) is 15.6. The molecule has 0 saturated carbocycles. The Hall–Kier alpha value is -5.05. The molecule has 9 heteroatoms. The number of rotatable bonds is 9. The minimum atomic E-state index is -0.846. The van der Waals surface area contributed by atoms with Crippen LogP contribution in [0, 0.1) is 6.92 Å². The number of para-hydroxylation sites is 1. The number of ether oxygens (including phenoxy) is 2. The summed E-state index contributed by atoms with van der Waals surface area (Å²) in [6, 6.07) is 28.6. The van der Waals surface area contributed by atoms with Crippen LogP contribution in [0.2, 0.25) is 0 Å². The van der Waals surface area contributed by atoms with Crippen LogP contribution in [0.4, 0.5) is 4.79 Å². The van der Waals surface area contributed by atoms with E-state index < -0.39 is 23.7 Å². The molecule has 1 aliphatic heterocycles. The summed E-state index contributed by atoms with van der Waals surface area (Å²) in [6.45, 7) is 8.52. The van der Waals surface area contributed by atoms with Gasteiger partial charge in [-0.2, -0.15) is 0 Å². The lowest BCUT2D eigenvalue weighted by molar-refractivity contribution is -0.136. The number of piperazine rings is 1. The highest BCUT2D eigenvalue weighted by Gasteiger charge is 2.37. The second kappa shape index (κ2) is 13.9. The summed E-state index contributed by atoms with van der Waals surface area (Å²) < 4.78 is 14.0. The van der Waals surface area contributed by atoms with Crippen LogP contribution < -0.4 is 4.74 Å². The van der Waals surface area contributed by atoms with Crippen molar-refractivity contribution in [3.8, 4) is 22.7 Å². The zero-order valence-corrected chi connectivity index (χ0v) is 26.8. The molecule has 2 amide bonds. The van der Waals surface area contributed by atoms with Crippen molar-refractivity contribution < 1.29 is 29.0 Å². The number of carboxylic acid groups (broad SMARTS) is 1. The molecule has 0 bridgehead atoms. The van der Waals surface area contributed by atoms with Crippen molar-refractivity contribution in [1.29, 1.82) is 0 Å². The van der Waals surface area contributed by atoms with E-state index in [2.05, 4.69) is 4.57 Å². The molecule has 1 fully saturated rings. The third-order valence-corrected chi connectivity index (χ3v) is 7.87. The smallest absolute Gasteiger partial charge is 0.410 e. The molecule has 2 heterocycles. The molecular formula is C37H41N3O6. The number of amides is 2. The number of carboxylic acids is 1. The molecule has 5 rings (SSSR count). The van der Waals surface area contributed by atoms with Gasteiger partial charge in [-0.3, -0.25) is 9.59 Å². The van der Waals surface area contributed by atoms with Gasteiger partial charge in [-0.1, -0.05) is 60.7 Å². The number of hydrogen-bond donors (Lipinski definition) is 1. The van der Waals surface area contributed by atoms with Crippen LogP contribution in [-0.2, 0) is 16.0 Å². The molecule has 4 aromatic rings. The first-order chi connectivity index (χ1) is 22.0. The normalized spacial score (nSPS) is 15.0. The summed E-state index contributed by atoms with van der Waals surface area (Å²) in [4.78, 5) is 42.0. The molecule has 46 heavy (non-hydrogen) atoms. The largest absolute Gasteiger partial charge is 0.491 e. The third kappa shape index (κ3) is 7.77. The molecule has 0 radical (unpaired) electrons. The first-order valence-electron chi connectivity index (χ1n) is 15.6. The van der Waals surface area contributed by atoms with E-state index in [9.17, 15) is 14.4 Å². The van der Waals surface area contributed by atoms with Crippen LogP contribution in [0.3, 0.4) is 0 Å². The van der Waals surface area contributed by atoms with Gasteiger partial charge in [-0.25, -0.2) is 4.79 Å². The topological polar surface area (TPSA) is 101 Å². The van der Waals surface area contributed by atoms with Gasteiger partial charge >= 0.3 is 12.1 Å². The van der Waals surface area contributed by atoms with E-state index in [0.717, 1.165) is 28.2 Å². The van der Waals surface area contributed by atoms with Gasteiger partial charge in [-0.05, 0) is 75.6 Å². The van der Waals surface area contributed by atoms with E-state index in [4.69, 9.17) is 14.6 Å². The number of aromatic nitrogens is 1. The molecule has 1 aliphatic rings. The number of nitrogens with zero attached hydrogens (tertiary/aromatic N) is 3. The maximum atomic E-state index is 14.6. The van der Waals surface area contributed by atoms with Crippen molar-refractivity contribution >= 4 is 18.0 Å². The van der Waals surface area contributed by atoms with Crippen LogP contribution >= 0.6 is 0 Å². The Balaban J connectivity index is 1.45. The highest BCUT2D eigenvalue weighted by atomic mass is 16.6. The standard InChI is InChI=1S/C37H41N3O6/c1-26-23-32(34(28-11-7-5-8-12-28)40(26)29-13-9-6-10-14-29)35(43)39-22-21-38(36(44)46-37(2,3)4)24-30(39)25-45-31-18-15-27(16-19-31)17-20-33(41)42/h5-16,18-19,23,30H,17,20-22,24-25H2,1-4H3,(H,41,42). The number of aryl methyl sites for hydroxylation is 2. The fraction of sp³-hybridized carbons (Fsp3) is 0.324. The lowest BCUT2D eigenvalue weighted by Crippen LogP contribution is -2.59. The van der Waals surface area contributed by atoms with E-state index in [1.54, 1.807) is 21.9 Å². The van der Waals surface area contributed by atoms with Gasteiger partial charge in [0.15, 0.2) is 0 Å². The second-order valence-electron chi connectivity index (χ2n) is 12.5. The second-order valence-corrected chi connectivity index (χ2v) is 12.5. The molecule has 0 spiro atoms. The number of hydrogen-bond acceptors (Lipinski definition) is 5. The van der Waals surface area contributed by atoms with E-state index in [0.29, 0.717) is 30.8 Å². The molecule has 3 aromatic carbocycles. The van der Waals surface area contributed by atoms with Crippen LogP contribution in [0.25, 0.3) is 16.9 Å². The Kier molecular flexibility index (Phi) is 9.80. The maximum absolute atomic E-state index is 14.6. The van der Waals surface area contributed by atoms with E-state index in [1.165, 1.54) is 0 Å². The molecule has 0 aliphatic carbocycles. The third-order valence-electron chi connectivity index (χ3n) is 7.87. The maximum Gasteiger partial charge on any atom is 0.410 e. The molecule has 1 aromatic heterocycles. The van der Waals surface area contributed by atoms with Crippen molar-refractivity contribution in [2.24, 2.45) is 0 Å². The first kappa shape index (κ1) is 32.3. The van der Waals surface area contributed by atoms with Gasteiger partial charge in [0.2, 0.25) is 0 Å². The average molecular weight is 624 g/mol. The summed E-state index contributed by atoms with van der Waals surface area (Å²) in [5.74, 6) is -0.392. The van der Waals surface area contributed by atoms with Crippen molar-refractivity contribution in [2.75, 3.05) is 26.2 Å². The monoisotopic (exact) mass is 623 g/mol. The van der Waals surface area contributed by atoms with E-state index >= 15 is 0 Å². The predicted octanol–water partition coefficient (Wildman–Crippen LogP) is 6.61. The SMILES string of the molecule is Cc1cc(C(=O)N2CCN(C(=O)OC(C)(C)C)CC2COc2ccc(CCC(=O)O)cc2)c(-c2ccccc2)n1-c1ccccc1. The summed E-state index contributed by atoms with van der Waals surface area (Å²) in [6.07, 6.45) is 0.0522. The molecule has 1 N–H and O–H groups in total. The van der Waals surface area contributed by atoms with Gasteiger partial charge in [0.25, 0.3) is 5.91 Å². The van der Waals surface area contributed by atoms with Crippen LogP contribution in [0.1, 0.15) is 48.8 Å². The highest BCUT2D eigenvalue weighted by molar-refractivity contribution is 6.01. The number of carbonyl (C=O) groups is 3. The van der Waals surface area contributed by atoms with Crippen molar-refractivity contribution in [2.45, 2.75) is 52.2 Å². The van der Waals surface area contributed by atoms with E-state index in [1.807, 2.05) is 107 Å². The number of benzene rings is 3. The average Bonchev–Trinajstić information content (AvgIpc) is 3.39. The predicted molar refractivity (Wildman–Crippen MR) is 176 cm³/mol. The highest BCUT2D eigenvalue weighted by Crippen LogP contribution is 2.33. The fourth-order valence-corrected chi connectivity index (χ4v) is 5.70. The van der Waals surface area contributed by atoms with Crippen molar-refractivity contribution in [1.82, 2.24) is 14.4 Å². The van der Waals surface area contributed by atoms with Crippen LogP contribution in [-0.4, -0.2) is 75.3 Å². The molecule has 9 nitrogen and oxygen atoms in total. The van der Waals surface area contributed by atoms with E-state index in [-0.39, 0.29) is 25.5 Å². The Morgan fingerprint density at radius 3 is 2.17 bits per heavy atom. The van der Waals surface area contributed by atoms with Crippen molar-refractivity contribution in [3.05, 3.63) is 108 Å². The summed E-state index contributed by atoms with van der Waals surface area (Å²) >= 11 is 0. The van der Waals surface area contributed by atoms with Gasteiger partial charge < -0.3 is 28.9 Å². The molecule has 240 valence electrons. The number of carbonyl (C=O) groups excluding carboxylic acids is 2. The Morgan fingerprint density at radius 1 is 0.891 bits per heavy atom. The molecule has 1 atom stereocenters. The lowest BCUT2D eigenvalue weighted by Gasteiger charge is -2.41. The molecular weight excluding hydrogens is 582 g/mol.